The molecule has 4 rings (SSSR count). The number of ether oxygens (including phenoxy) is 1. The molecular weight excluding hydrogens is 618 g/mol. The number of anilines is 1. The van der Waals surface area contributed by atoms with E-state index in [9.17, 15) is 27.6 Å². The molecule has 3 heterocycles. The maximum atomic E-state index is 13.7. The van der Waals surface area contributed by atoms with E-state index in [0.29, 0.717) is 39.9 Å². The molecule has 12 nitrogen and oxygen atoms in total. The summed E-state index contributed by atoms with van der Waals surface area (Å²) < 4.78 is 35.7. The Labute approximate surface area is 260 Å². The molecule has 2 aliphatic heterocycles. The van der Waals surface area contributed by atoms with Crippen molar-refractivity contribution in [3.63, 3.8) is 0 Å². The van der Waals surface area contributed by atoms with Crippen LogP contribution in [0.4, 0.5) is 10.5 Å². The van der Waals surface area contributed by atoms with Crippen molar-refractivity contribution in [1.29, 1.82) is 0 Å². The smallest absolute Gasteiger partial charge is 0.410 e. The van der Waals surface area contributed by atoms with Gasteiger partial charge in [0.1, 0.15) is 11.6 Å². The number of nitrogens with one attached hydrogen (secondary N) is 2. The van der Waals surface area contributed by atoms with Gasteiger partial charge in [0, 0.05) is 51.4 Å². The number of hydrogen-bond acceptors (Lipinski definition) is 8. The lowest BCUT2D eigenvalue weighted by Crippen LogP contribution is -2.58. The van der Waals surface area contributed by atoms with Crippen LogP contribution in [-0.2, 0) is 24.3 Å². The van der Waals surface area contributed by atoms with Crippen LogP contribution < -0.4 is 14.9 Å². The topological polar surface area (TPSA) is 145 Å². The van der Waals surface area contributed by atoms with E-state index in [1.807, 2.05) is 0 Å². The van der Waals surface area contributed by atoms with Crippen molar-refractivity contribution in [3.8, 4) is 0 Å². The summed E-state index contributed by atoms with van der Waals surface area (Å²) in [6, 6.07) is 6.41. The standard InChI is InChI=1S/C28H36ClN5O7S2/c1-18-20(34-12-6-9-24(34)35)7-5-8-22(18)43(39,40)31-19(17-30-25(36)21-10-11-23(29)42-21)26(37)32-13-15-33(16-14-32)27(38)41-28(2,3)4/h5,7-8,10-11,19,31H,6,9,12-17H2,1-4H3,(H,30,36)/t19-/m0/s1. The summed E-state index contributed by atoms with van der Waals surface area (Å²) in [5, 5.41) is 2.64. The van der Waals surface area contributed by atoms with Crippen molar-refractivity contribution in [2.24, 2.45) is 0 Å². The first-order valence-electron chi connectivity index (χ1n) is 13.9. The molecule has 234 valence electrons. The monoisotopic (exact) mass is 653 g/mol. The molecule has 1 aromatic carbocycles. The largest absolute Gasteiger partial charge is 0.444 e. The van der Waals surface area contributed by atoms with Crippen molar-refractivity contribution in [1.82, 2.24) is 19.8 Å². The van der Waals surface area contributed by atoms with Crippen LogP contribution in [0.25, 0.3) is 0 Å². The molecular formula is C28H36ClN5O7S2. The van der Waals surface area contributed by atoms with Gasteiger partial charge in [-0.1, -0.05) is 17.7 Å². The fourth-order valence-electron chi connectivity index (χ4n) is 4.89. The van der Waals surface area contributed by atoms with Crippen LogP contribution in [0.15, 0.2) is 35.2 Å². The van der Waals surface area contributed by atoms with Crippen LogP contribution >= 0.6 is 22.9 Å². The highest BCUT2D eigenvalue weighted by Gasteiger charge is 2.35. The lowest BCUT2D eigenvalue weighted by Gasteiger charge is -2.37. The number of carbonyl (C=O) groups is 4. The predicted octanol–water partition coefficient (Wildman–Crippen LogP) is 2.99. The van der Waals surface area contributed by atoms with E-state index < -0.39 is 39.6 Å². The second-order valence-corrected chi connectivity index (χ2v) is 14.7. The minimum atomic E-state index is -4.29. The summed E-state index contributed by atoms with van der Waals surface area (Å²) in [5.41, 5.74) is 0.199. The molecule has 15 heteroatoms. The minimum absolute atomic E-state index is 0.0754. The molecule has 2 aromatic rings. The highest BCUT2D eigenvalue weighted by Crippen LogP contribution is 2.29. The Hall–Kier alpha value is -3.20. The van der Waals surface area contributed by atoms with Crippen molar-refractivity contribution in [3.05, 3.63) is 45.1 Å². The summed E-state index contributed by atoms with van der Waals surface area (Å²) in [4.78, 5) is 56.0. The third-order valence-electron chi connectivity index (χ3n) is 7.01. The maximum Gasteiger partial charge on any atom is 0.410 e. The molecule has 2 aliphatic rings. The zero-order chi connectivity index (χ0) is 31.5. The Balaban J connectivity index is 1.53. The molecule has 0 saturated carbocycles. The Kier molecular flexibility index (Phi) is 10.0. The predicted molar refractivity (Wildman–Crippen MR) is 163 cm³/mol. The second kappa shape index (κ2) is 13.2. The van der Waals surface area contributed by atoms with Crippen LogP contribution in [0.2, 0.25) is 4.34 Å². The van der Waals surface area contributed by atoms with Gasteiger partial charge in [-0.05, 0) is 63.9 Å². The van der Waals surface area contributed by atoms with E-state index in [4.69, 9.17) is 16.3 Å². The summed E-state index contributed by atoms with van der Waals surface area (Å²) in [7, 11) is -4.29. The lowest BCUT2D eigenvalue weighted by molar-refractivity contribution is -0.134. The number of piperazine rings is 1. The summed E-state index contributed by atoms with van der Waals surface area (Å²) in [6.07, 6.45) is 0.577. The summed E-state index contributed by atoms with van der Waals surface area (Å²) in [5.74, 6) is -1.14. The average Bonchev–Trinajstić information content (AvgIpc) is 3.57. The molecule has 0 aliphatic carbocycles. The third kappa shape index (κ3) is 8.05. The SMILES string of the molecule is Cc1c(N2CCCC2=O)cccc1S(=O)(=O)N[C@@H](CNC(=O)c1ccc(Cl)s1)C(=O)N1CCN(C(=O)OC(C)(C)C)CC1. The highest BCUT2D eigenvalue weighted by atomic mass is 35.5. The fourth-order valence-corrected chi connectivity index (χ4v) is 7.30. The maximum absolute atomic E-state index is 13.7. The van der Waals surface area contributed by atoms with Gasteiger partial charge < -0.3 is 24.8 Å². The van der Waals surface area contributed by atoms with Crippen molar-refractivity contribution < 1.29 is 32.3 Å². The molecule has 0 spiro atoms. The second-order valence-electron chi connectivity index (χ2n) is 11.3. The van der Waals surface area contributed by atoms with Gasteiger partial charge in [0.25, 0.3) is 5.91 Å². The molecule has 4 amide bonds. The van der Waals surface area contributed by atoms with Crippen molar-refractivity contribution in [2.75, 3.05) is 44.2 Å². The Morgan fingerprint density at radius 3 is 2.30 bits per heavy atom. The number of thiophene rings is 1. The molecule has 0 radical (unpaired) electrons. The number of amides is 4. The van der Waals surface area contributed by atoms with Gasteiger partial charge in [-0.15, -0.1) is 11.3 Å². The van der Waals surface area contributed by atoms with E-state index in [0.717, 1.165) is 11.3 Å². The summed E-state index contributed by atoms with van der Waals surface area (Å²) >= 11 is 7.01. The van der Waals surface area contributed by atoms with Gasteiger partial charge in [0.2, 0.25) is 21.8 Å². The summed E-state index contributed by atoms with van der Waals surface area (Å²) in [6.45, 7) is 7.77. The van der Waals surface area contributed by atoms with Gasteiger partial charge >= 0.3 is 6.09 Å². The van der Waals surface area contributed by atoms with E-state index in [1.54, 1.807) is 50.8 Å². The van der Waals surface area contributed by atoms with E-state index in [-0.39, 0.29) is 43.5 Å². The minimum Gasteiger partial charge on any atom is -0.444 e. The van der Waals surface area contributed by atoms with Crippen LogP contribution in [0.1, 0.15) is 48.8 Å². The van der Waals surface area contributed by atoms with Gasteiger partial charge in [0.05, 0.1) is 14.1 Å². The van der Waals surface area contributed by atoms with Crippen LogP contribution in [0.5, 0.6) is 0 Å². The van der Waals surface area contributed by atoms with Crippen LogP contribution in [0, 0.1) is 6.92 Å². The van der Waals surface area contributed by atoms with Crippen LogP contribution in [0.3, 0.4) is 0 Å². The molecule has 43 heavy (non-hydrogen) atoms. The molecule has 2 N–H and O–H groups in total. The van der Waals surface area contributed by atoms with Crippen molar-refractivity contribution >= 4 is 62.5 Å². The first-order valence-corrected chi connectivity index (χ1v) is 16.6. The van der Waals surface area contributed by atoms with Gasteiger partial charge in [-0.3, -0.25) is 14.4 Å². The zero-order valence-electron chi connectivity index (χ0n) is 24.5. The number of benzene rings is 1. The number of rotatable bonds is 8. The molecule has 0 unspecified atom stereocenters. The first kappa shape index (κ1) is 32.7. The first-order chi connectivity index (χ1) is 20.2. The average molecular weight is 654 g/mol. The van der Waals surface area contributed by atoms with E-state index in [2.05, 4.69) is 10.0 Å². The molecule has 2 fully saturated rings. The quantitative estimate of drug-likeness (QED) is 0.446. The highest BCUT2D eigenvalue weighted by molar-refractivity contribution is 7.89. The Bertz CT molecular complexity index is 1500. The van der Waals surface area contributed by atoms with Crippen molar-refractivity contribution in [2.45, 2.75) is 57.1 Å². The zero-order valence-corrected chi connectivity index (χ0v) is 26.9. The number of halogens is 1. The Morgan fingerprint density at radius 1 is 1.05 bits per heavy atom. The fraction of sp³-hybridized carbons (Fsp3) is 0.500. The molecule has 1 aromatic heterocycles. The third-order valence-corrected chi connectivity index (χ3v) is 9.86. The Morgan fingerprint density at radius 2 is 1.72 bits per heavy atom. The lowest BCUT2D eigenvalue weighted by atomic mass is 10.2. The normalized spacial score (nSPS) is 16.8. The van der Waals surface area contributed by atoms with Gasteiger partial charge in [-0.2, -0.15) is 4.72 Å². The van der Waals surface area contributed by atoms with Gasteiger partial charge in [0.15, 0.2) is 0 Å². The number of hydrogen-bond donors (Lipinski definition) is 2. The number of nitrogens with zero attached hydrogens (tertiary/aromatic N) is 3. The van der Waals surface area contributed by atoms with E-state index in [1.165, 1.54) is 21.9 Å². The van der Waals surface area contributed by atoms with Crippen LogP contribution in [-0.4, -0.2) is 92.9 Å². The molecule has 2 saturated heterocycles. The number of sulfonamides is 1. The molecule has 0 bridgehead atoms. The molecule has 1 atom stereocenters. The van der Waals surface area contributed by atoms with E-state index >= 15 is 0 Å². The number of carbonyl (C=O) groups excluding carboxylic acids is 4. The van der Waals surface area contributed by atoms with Gasteiger partial charge in [-0.25, -0.2) is 13.2 Å².